The van der Waals surface area contributed by atoms with Crippen molar-refractivity contribution >= 4 is 5.91 Å². The quantitative estimate of drug-likeness (QED) is 0.386. The molecule has 2 rings (SSSR count). The Morgan fingerprint density at radius 2 is 1.68 bits per heavy atom. The van der Waals surface area contributed by atoms with Gasteiger partial charge in [0.1, 0.15) is 6.04 Å². The number of nitrogens with zero attached hydrogens (tertiary/aromatic N) is 3. The summed E-state index contributed by atoms with van der Waals surface area (Å²) >= 11 is 0. The first-order valence-corrected chi connectivity index (χ1v) is 7.95. The molecule has 130 valence electrons. The number of aliphatic hydroxyl groups is 1. The summed E-state index contributed by atoms with van der Waals surface area (Å²) in [6.45, 7) is 0.276. The number of amides is 1. The van der Waals surface area contributed by atoms with Crippen LogP contribution >= 0.6 is 0 Å². The average molecular weight is 339 g/mol. The van der Waals surface area contributed by atoms with Gasteiger partial charge in [-0.15, -0.1) is 0 Å². The summed E-state index contributed by atoms with van der Waals surface area (Å²) in [6.07, 6.45) is -0.919. The van der Waals surface area contributed by atoms with Crippen LogP contribution in [0, 0.1) is 0 Å². The molecule has 0 fully saturated rings. The molecule has 0 aliphatic rings. The average Bonchev–Trinajstić information content (AvgIpc) is 2.65. The van der Waals surface area contributed by atoms with E-state index in [-0.39, 0.29) is 6.54 Å². The summed E-state index contributed by atoms with van der Waals surface area (Å²) < 4.78 is 0. The molecule has 0 heterocycles. The first-order valence-electron chi connectivity index (χ1n) is 7.95. The van der Waals surface area contributed by atoms with Gasteiger partial charge in [-0.2, -0.15) is 0 Å². The lowest BCUT2D eigenvalue weighted by atomic mass is 9.97. The van der Waals surface area contributed by atoms with Crippen LogP contribution in [0.1, 0.15) is 11.1 Å². The second kappa shape index (κ2) is 9.44. The van der Waals surface area contributed by atoms with Gasteiger partial charge in [-0.25, -0.2) is 0 Å². The third-order valence-corrected chi connectivity index (χ3v) is 3.83. The van der Waals surface area contributed by atoms with Gasteiger partial charge in [0.2, 0.25) is 5.91 Å². The Labute approximate surface area is 146 Å². The van der Waals surface area contributed by atoms with E-state index in [9.17, 15) is 9.90 Å². The Bertz CT molecular complexity index is 717. The normalized spacial score (nSPS) is 14.0. The third kappa shape index (κ3) is 5.61. The van der Waals surface area contributed by atoms with E-state index in [1.807, 2.05) is 60.7 Å². The molecule has 7 nitrogen and oxygen atoms in total. The fourth-order valence-electron chi connectivity index (χ4n) is 2.46. The molecule has 0 aliphatic carbocycles. The predicted octanol–water partition coefficient (Wildman–Crippen LogP) is 1.91. The van der Waals surface area contributed by atoms with Crippen LogP contribution in [-0.4, -0.2) is 29.2 Å². The minimum atomic E-state index is -1.29. The Balaban J connectivity index is 1.99. The van der Waals surface area contributed by atoms with E-state index < -0.39 is 24.1 Å². The van der Waals surface area contributed by atoms with Crippen LogP contribution in [0.2, 0.25) is 0 Å². The van der Waals surface area contributed by atoms with Gasteiger partial charge in [0.25, 0.3) is 0 Å². The van der Waals surface area contributed by atoms with Gasteiger partial charge in [-0.3, -0.25) is 4.79 Å². The van der Waals surface area contributed by atoms with Crippen molar-refractivity contribution in [3.8, 4) is 0 Å². The highest BCUT2D eigenvalue weighted by Crippen LogP contribution is 2.10. The molecular formula is C18H21N5O2. The second-order valence-corrected chi connectivity index (χ2v) is 5.70. The molecule has 4 N–H and O–H groups in total. The van der Waals surface area contributed by atoms with Crippen molar-refractivity contribution in [3.05, 3.63) is 82.2 Å². The number of rotatable bonds is 8. The molecule has 0 aliphatic heterocycles. The fourth-order valence-corrected chi connectivity index (χ4v) is 2.46. The molecule has 25 heavy (non-hydrogen) atoms. The maximum Gasteiger partial charge on any atom is 0.232 e. The topological polar surface area (TPSA) is 124 Å². The highest BCUT2D eigenvalue weighted by Gasteiger charge is 2.30. The van der Waals surface area contributed by atoms with E-state index in [0.717, 1.165) is 11.1 Å². The van der Waals surface area contributed by atoms with Crippen molar-refractivity contribution in [1.29, 1.82) is 0 Å². The van der Waals surface area contributed by atoms with Gasteiger partial charge in [0.15, 0.2) is 0 Å². The number of benzene rings is 2. The van der Waals surface area contributed by atoms with E-state index in [4.69, 9.17) is 11.3 Å². The molecule has 7 heteroatoms. The van der Waals surface area contributed by atoms with Crippen molar-refractivity contribution in [2.45, 2.75) is 31.2 Å². The van der Waals surface area contributed by atoms with Crippen molar-refractivity contribution < 1.29 is 9.90 Å². The number of nitrogens with two attached hydrogens (primary N) is 1. The molecule has 0 saturated carbocycles. The second-order valence-electron chi connectivity index (χ2n) is 5.70. The Morgan fingerprint density at radius 1 is 1.12 bits per heavy atom. The van der Waals surface area contributed by atoms with E-state index >= 15 is 0 Å². The molecule has 0 spiro atoms. The summed E-state index contributed by atoms with van der Waals surface area (Å²) in [5.41, 5.74) is 16.6. The molecule has 0 unspecified atom stereocenters. The minimum absolute atomic E-state index is 0.276. The minimum Gasteiger partial charge on any atom is -0.391 e. The summed E-state index contributed by atoms with van der Waals surface area (Å²) in [6, 6.07) is 16.7. The number of hydrogen-bond donors (Lipinski definition) is 3. The van der Waals surface area contributed by atoms with Crippen LogP contribution in [0.4, 0.5) is 0 Å². The highest BCUT2D eigenvalue weighted by atomic mass is 16.3. The maximum atomic E-state index is 12.3. The summed E-state index contributed by atoms with van der Waals surface area (Å²) in [5, 5.41) is 16.5. The van der Waals surface area contributed by atoms with Crippen LogP contribution in [0.5, 0.6) is 0 Å². The number of hydrogen-bond acceptors (Lipinski definition) is 4. The van der Waals surface area contributed by atoms with Gasteiger partial charge in [0, 0.05) is 17.5 Å². The van der Waals surface area contributed by atoms with Crippen LogP contribution in [-0.2, 0) is 17.8 Å². The first-order chi connectivity index (χ1) is 12.1. The lowest BCUT2D eigenvalue weighted by Gasteiger charge is -2.24. The number of aliphatic hydroxyl groups excluding tert-OH is 1. The Hall–Kier alpha value is -2.86. The van der Waals surface area contributed by atoms with Crippen molar-refractivity contribution in [2.24, 2.45) is 10.8 Å². The first kappa shape index (κ1) is 18.5. The zero-order valence-electron chi connectivity index (χ0n) is 13.7. The van der Waals surface area contributed by atoms with Crippen LogP contribution in [0.15, 0.2) is 65.8 Å². The van der Waals surface area contributed by atoms with Crippen molar-refractivity contribution in [1.82, 2.24) is 5.32 Å². The molecule has 3 atom stereocenters. The van der Waals surface area contributed by atoms with Gasteiger partial charge < -0.3 is 16.2 Å². The monoisotopic (exact) mass is 339 g/mol. The standard InChI is InChI=1S/C18H21N5O2/c19-15(11-13-7-3-1-4-8-13)17(24)16(22-23-20)18(25)21-12-14-9-5-2-6-10-14/h1-10,15-17,24H,11-12,19H2,(H,21,25)/t15-,16-,17-/m0/s1. The van der Waals surface area contributed by atoms with Crippen LogP contribution < -0.4 is 11.1 Å². The van der Waals surface area contributed by atoms with Gasteiger partial charge in [-0.05, 0) is 23.1 Å². The van der Waals surface area contributed by atoms with Gasteiger partial charge in [-0.1, -0.05) is 65.8 Å². The summed E-state index contributed by atoms with van der Waals surface area (Å²) in [5.74, 6) is -0.558. The molecular weight excluding hydrogens is 318 g/mol. The number of carbonyl (C=O) groups excluding carboxylic acids is 1. The predicted molar refractivity (Wildman–Crippen MR) is 95.4 cm³/mol. The number of azide groups is 1. The van der Waals surface area contributed by atoms with E-state index in [1.54, 1.807) is 0 Å². The van der Waals surface area contributed by atoms with Gasteiger partial charge in [0.05, 0.1) is 6.10 Å². The molecule has 0 saturated heterocycles. The van der Waals surface area contributed by atoms with E-state index in [0.29, 0.717) is 6.42 Å². The zero-order valence-corrected chi connectivity index (χ0v) is 13.7. The SMILES string of the molecule is [N-]=[N+]=N[C@H](C(=O)NCc1ccccc1)[C@@H](O)[C@@H](N)Cc1ccccc1. The molecule has 2 aromatic rings. The lowest BCUT2D eigenvalue weighted by molar-refractivity contribution is -0.125. The summed E-state index contributed by atoms with van der Waals surface area (Å²) in [7, 11) is 0. The van der Waals surface area contributed by atoms with Crippen molar-refractivity contribution in [2.75, 3.05) is 0 Å². The molecule has 0 radical (unpaired) electrons. The molecule has 0 bridgehead atoms. The van der Waals surface area contributed by atoms with E-state index in [1.165, 1.54) is 0 Å². The smallest absolute Gasteiger partial charge is 0.232 e. The summed E-state index contributed by atoms with van der Waals surface area (Å²) in [4.78, 5) is 15.0. The molecule has 2 aromatic carbocycles. The lowest BCUT2D eigenvalue weighted by Crippen LogP contribution is -2.50. The zero-order chi connectivity index (χ0) is 18.1. The van der Waals surface area contributed by atoms with Gasteiger partial charge >= 0.3 is 0 Å². The Kier molecular flexibility index (Phi) is 6.98. The van der Waals surface area contributed by atoms with E-state index in [2.05, 4.69) is 15.3 Å². The number of carbonyl (C=O) groups is 1. The molecule has 1 amide bonds. The highest BCUT2D eigenvalue weighted by molar-refractivity contribution is 5.82. The van der Waals surface area contributed by atoms with Crippen LogP contribution in [0.3, 0.4) is 0 Å². The largest absolute Gasteiger partial charge is 0.391 e. The maximum absolute atomic E-state index is 12.3. The van der Waals surface area contributed by atoms with Crippen LogP contribution in [0.25, 0.3) is 10.4 Å². The fraction of sp³-hybridized carbons (Fsp3) is 0.278. The number of nitrogens with one attached hydrogen (secondary N) is 1. The Morgan fingerprint density at radius 3 is 2.24 bits per heavy atom. The third-order valence-electron chi connectivity index (χ3n) is 3.83. The molecule has 0 aromatic heterocycles. The van der Waals surface area contributed by atoms with Crippen molar-refractivity contribution in [3.63, 3.8) is 0 Å².